The average Bonchev–Trinajstić information content (AvgIpc) is 2.17. The van der Waals surface area contributed by atoms with E-state index in [2.05, 4.69) is 4.98 Å². The molecule has 0 fully saturated rings. The third kappa shape index (κ3) is 1.45. The van der Waals surface area contributed by atoms with Crippen molar-refractivity contribution in [1.82, 2.24) is 4.98 Å². The fourth-order valence-corrected chi connectivity index (χ4v) is 1.43. The molecule has 0 radical (unpaired) electrons. The zero-order valence-electron chi connectivity index (χ0n) is 7.12. The highest BCUT2D eigenvalue weighted by atomic mass is 35.5. The monoisotopic (exact) mass is 193 g/mol. The Morgan fingerprint density at radius 3 is 3.00 bits per heavy atom. The van der Waals surface area contributed by atoms with Crippen LogP contribution in [0.25, 0.3) is 10.9 Å². The summed E-state index contributed by atoms with van der Waals surface area (Å²) in [6, 6.07) is 7.57. The maximum atomic E-state index is 5.83. The number of methoxy groups -OCH3 is 1. The van der Waals surface area contributed by atoms with Crippen molar-refractivity contribution in [2.24, 2.45) is 0 Å². The van der Waals surface area contributed by atoms with Gasteiger partial charge in [-0.15, -0.1) is 0 Å². The molecule has 1 aromatic heterocycles. The van der Waals surface area contributed by atoms with Crippen molar-refractivity contribution in [2.45, 2.75) is 0 Å². The Labute approximate surface area is 81.1 Å². The number of hydrogen-bond donors (Lipinski definition) is 0. The average molecular weight is 194 g/mol. The van der Waals surface area contributed by atoms with Crippen molar-refractivity contribution in [3.63, 3.8) is 0 Å². The number of ether oxygens (including phenoxy) is 1. The quantitative estimate of drug-likeness (QED) is 0.695. The van der Waals surface area contributed by atoms with Crippen LogP contribution in [-0.4, -0.2) is 12.1 Å². The van der Waals surface area contributed by atoms with Crippen LogP contribution in [0.2, 0.25) is 5.02 Å². The smallest absolute Gasteiger partial charge is 0.128 e. The van der Waals surface area contributed by atoms with Crippen LogP contribution in [0.3, 0.4) is 0 Å². The second-order valence-corrected chi connectivity index (χ2v) is 3.12. The molecule has 0 aliphatic carbocycles. The van der Waals surface area contributed by atoms with Crippen molar-refractivity contribution < 1.29 is 4.74 Å². The normalized spacial score (nSPS) is 10.3. The molecule has 2 nitrogen and oxygen atoms in total. The molecule has 0 saturated carbocycles. The Hall–Kier alpha value is -1.28. The summed E-state index contributed by atoms with van der Waals surface area (Å²) in [7, 11) is 1.63. The molecule has 0 N–H and O–H groups in total. The van der Waals surface area contributed by atoms with Gasteiger partial charge >= 0.3 is 0 Å². The predicted molar refractivity (Wildman–Crippen MR) is 53.3 cm³/mol. The number of hydrogen-bond acceptors (Lipinski definition) is 2. The lowest BCUT2D eigenvalue weighted by atomic mass is 10.2. The topological polar surface area (TPSA) is 22.1 Å². The van der Waals surface area contributed by atoms with Crippen LogP contribution in [0.5, 0.6) is 5.75 Å². The van der Waals surface area contributed by atoms with Crippen molar-refractivity contribution in [1.29, 1.82) is 0 Å². The van der Waals surface area contributed by atoms with Gasteiger partial charge in [0.05, 0.1) is 17.6 Å². The molecule has 2 rings (SSSR count). The van der Waals surface area contributed by atoms with Crippen molar-refractivity contribution >= 4 is 22.5 Å². The summed E-state index contributed by atoms with van der Waals surface area (Å²) in [5.41, 5.74) is 0.892. The molecule has 0 aliphatic rings. The van der Waals surface area contributed by atoms with Gasteiger partial charge in [-0.2, -0.15) is 0 Å². The van der Waals surface area contributed by atoms with Crippen LogP contribution < -0.4 is 4.74 Å². The van der Waals surface area contributed by atoms with Gasteiger partial charge in [0.15, 0.2) is 0 Å². The number of aromatic nitrogens is 1. The molecule has 0 amide bonds. The summed E-state index contributed by atoms with van der Waals surface area (Å²) in [6.45, 7) is 0. The minimum atomic E-state index is 0.622. The number of rotatable bonds is 1. The van der Waals surface area contributed by atoms with E-state index in [4.69, 9.17) is 16.3 Å². The number of pyridine rings is 1. The van der Waals surface area contributed by atoms with E-state index < -0.39 is 0 Å². The highest BCUT2D eigenvalue weighted by molar-refractivity contribution is 6.31. The summed E-state index contributed by atoms with van der Waals surface area (Å²) in [5.74, 6) is 0.799. The lowest BCUT2D eigenvalue weighted by Crippen LogP contribution is -1.85. The first-order chi connectivity index (χ1) is 6.31. The van der Waals surface area contributed by atoms with E-state index in [1.807, 2.05) is 24.3 Å². The van der Waals surface area contributed by atoms with Crippen LogP contribution in [0.15, 0.2) is 30.5 Å². The van der Waals surface area contributed by atoms with Gasteiger partial charge < -0.3 is 4.74 Å². The molecule has 0 bridgehead atoms. The molecule has 2 aromatic rings. The summed E-state index contributed by atoms with van der Waals surface area (Å²) in [4.78, 5) is 4.18. The van der Waals surface area contributed by atoms with Crippen molar-refractivity contribution in [3.8, 4) is 5.75 Å². The molecule has 0 saturated heterocycles. The third-order valence-corrected chi connectivity index (χ3v) is 2.08. The van der Waals surface area contributed by atoms with Crippen LogP contribution in [-0.2, 0) is 0 Å². The van der Waals surface area contributed by atoms with E-state index in [0.29, 0.717) is 5.02 Å². The molecule has 0 aliphatic heterocycles. The molecular formula is C10H8ClNO. The van der Waals surface area contributed by atoms with Gasteiger partial charge in [-0.3, -0.25) is 4.98 Å². The zero-order valence-corrected chi connectivity index (χ0v) is 7.88. The Kier molecular flexibility index (Phi) is 2.07. The van der Waals surface area contributed by atoms with Crippen LogP contribution >= 0.6 is 11.6 Å². The molecule has 0 atom stereocenters. The second-order valence-electron chi connectivity index (χ2n) is 2.68. The van der Waals surface area contributed by atoms with Gasteiger partial charge in [-0.25, -0.2) is 0 Å². The first-order valence-electron chi connectivity index (χ1n) is 3.89. The molecule has 0 spiro atoms. The number of fused-ring (bicyclic) bond motifs is 1. The van der Waals surface area contributed by atoms with E-state index in [1.54, 1.807) is 13.3 Å². The maximum absolute atomic E-state index is 5.83. The van der Waals surface area contributed by atoms with Crippen LogP contribution in [0, 0.1) is 0 Å². The van der Waals surface area contributed by atoms with E-state index in [0.717, 1.165) is 16.7 Å². The Morgan fingerprint density at radius 1 is 1.38 bits per heavy atom. The van der Waals surface area contributed by atoms with E-state index in [9.17, 15) is 0 Å². The minimum absolute atomic E-state index is 0.622. The molecule has 0 unspecified atom stereocenters. The molecule has 66 valence electrons. The molecule has 3 heteroatoms. The van der Waals surface area contributed by atoms with Gasteiger partial charge in [0.1, 0.15) is 5.75 Å². The Bertz CT molecular complexity index is 442. The fraction of sp³-hybridized carbons (Fsp3) is 0.100. The van der Waals surface area contributed by atoms with E-state index in [-0.39, 0.29) is 0 Å². The molecule has 13 heavy (non-hydrogen) atoms. The maximum Gasteiger partial charge on any atom is 0.128 e. The van der Waals surface area contributed by atoms with E-state index in [1.165, 1.54) is 0 Å². The third-order valence-electron chi connectivity index (χ3n) is 1.87. The highest BCUT2D eigenvalue weighted by Gasteiger charge is 2.01. The van der Waals surface area contributed by atoms with Gasteiger partial charge in [-0.05, 0) is 18.2 Å². The van der Waals surface area contributed by atoms with Crippen molar-refractivity contribution in [3.05, 3.63) is 35.5 Å². The summed E-state index contributed by atoms with van der Waals surface area (Å²) < 4.78 is 5.18. The number of nitrogens with zero attached hydrogens (tertiary/aromatic N) is 1. The lowest BCUT2D eigenvalue weighted by Gasteiger charge is -2.03. The number of halogens is 1. The van der Waals surface area contributed by atoms with Crippen LogP contribution in [0.1, 0.15) is 0 Å². The lowest BCUT2D eigenvalue weighted by molar-refractivity contribution is 0.420. The minimum Gasteiger partial charge on any atom is -0.496 e. The van der Waals surface area contributed by atoms with E-state index >= 15 is 0 Å². The second kappa shape index (κ2) is 3.23. The molecule has 1 aromatic carbocycles. The highest BCUT2D eigenvalue weighted by Crippen LogP contribution is 2.25. The van der Waals surface area contributed by atoms with Gasteiger partial charge in [0, 0.05) is 11.6 Å². The SMILES string of the molecule is COc1cccc2ncc(Cl)cc12. The van der Waals surface area contributed by atoms with Gasteiger partial charge in [0.2, 0.25) is 0 Å². The van der Waals surface area contributed by atoms with Gasteiger partial charge in [-0.1, -0.05) is 17.7 Å². The number of benzene rings is 1. The standard InChI is InChI=1S/C10H8ClNO/c1-13-10-4-2-3-9-8(10)5-7(11)6-12-9/h2-6H,1H3. The van der Waals surface area contributed by atoms with Crippen LogP contribution in [0.4, 0.5) is 0 Å². The Balaban J connectivity index is 2.79. The molecular weight excluding hydrogens is 186 g/mol. The zero-order chi connectivity index (χ0) is 9.26. The first kappa shape index (κ1) is 8.32. The largest absolute Gasteiger partial charge is 0.496 e. The predicted octanol–water partition coefficient (Wildman–Crippen LogP) is 2.90. The summed E-state index contributed by atoms with van der Waals surface area (Å²) >= 11 is 5.83. The molecule has 1 heterocycles. The Morgan fingerprint density at radius 2 is 2.23 bits per heavy atom. The first-order valence-corrected chi connectivity index (χ1v) is 4.27. The van der Waals surface area contributed by atoms with Crippen molar-refractivity contribution in [2.75, 3.05) is 7.11 Å². The fourth-order valence-electron chi connectivity index (χ4n) is 1.27. The summed E-state index contributed by atoms with van der Waals surface area (Å²) in [5, 5.41) is 1.56. The van der Waals surface area contributed by atoms with Gasteiger partial charge in [0.25, 0.3) is 0 Å². The summed E-state index contributed by atoms with van der Waals surface area (Å²) in [6.07, 6.45) is 1.63.